The minimum Gasteiger partial charge on any atom is -0.383 e. The highest BCUT2D eigenvalue weighted by molar-refractivity contribution is 5.39. The van der Waals surface area contributed by atoms with E-state index in [1.807, 2.05) is 19.2 Å². The van der Waals surface area contributed by atoms with E-state index in [1.165, 1.54) is 12.3 Å². The second-order valence-electron chi connectivity index (χ2n) is 3.99. The maximum atomic E-state index is 12.8. The lowest BCUT2D eigenvalue weighted by Crippen LogP contribution is -2.20. The second-order valence-corrected chi connectivity index (χ2v) is 3.99. The third-order valence-corrected chi connectivity index (χ3v) is 2.81. The number of hydrogen-bond acceptors (Lipinski definition) is 4. The van der Waals surface area contributed by atoms with Crippen molar-refractivity contribution in [3.63, 3.8) is 0 Å². The van der Waals surface area contributed by atoms with Crippen LogP contribution in [0.15, 0.2) is 36.7 Å². The Morgan fingerprint density at radius 2 is 2.17 bits per heavy atom. The van der Waals surface area contributed by atoms with Gasteiger partial charge in [-0.05, 0) is 37.2 Å². The Hall–Kier alpha value is -2.01. The molecule has 0 radical (unpaired) electrons. The summed E-state index contributed by atoms with van der Waals surface area (Å²) in [6, 6.07) is 6.83. The van der Waals surface area contributed by atoms with Crippen molar-refractivity contribution in [3.05, 3.63) is 53.7 Å². The molecule has 0 bridgehead atoms. The van der Waals surface area contributed by atoms with Crippen molar-refractivity contribution in [2.24, 2.45) is 0 Å². The van der Waals surface area contributed by atoms with E-state index >= 15 is 0 Å². The normalized spacial score (nSPS) is 12.3. The van der Waals surface area contributed by atoms with Crippen molar-refractivity contribution in [1.29, 1.82) is 0 Å². The van der Waals surface area contributed by atoms with Crippen LogP contribution in [0.3, 0.4) is 0 Å². The molecule has 1 atom stereocenters. The summed E-state index contributed by atoms with van der Waals surface area (Å²) in [7, 11) is 1.84. The van der Waals surface area contributed by atoms with Gasteiger partial charge >= 0.3 is 0 Å². The minimum absolute atomic E-state index is 0.0166. The average Bonchev–Trinajstić information content (AvgIpc) is 2.39. The molecule has 0 fully saturated rings. The van der Waals surface area contributed by atoms with Crippen LogP contribution in [0.5, 0.6) is 0 Å². The standard InChI is InChI=1S/C13H15FN4/c1-16-12(11-5-4-10(14)8-18-11)7-9-3-2-6-17-13(9)15/h2-6,8,12,16H,7H2,1H3,(H2,15,17). The Bertz CT molecular complexity index is 513. The smallest absolute Gasteiger partial charge is 0.141 e. The van der Waals surface area contributed by atoms with Crippen molar-refractivity contribution in [1.82, 2.24) is 15.3 Å². The van der Waals surface area contributed by atoms with Gasteiger partial charge in [-0.1, -0.05) is 6.07 Å². The molecule has 18 heavy (non-hydrogen) atoms. The van der Waals surface area contributed by atoms with Gasteiger partial charge in [-0.15, -0.1) is 0 Å². The van der Waals surface area contributed by atoms with Crippen LogP contribution in [0, 0.1) is 5.82 Å². The molecule has 3 N–H and O–H groups in total. The minimum atomic E-state index is -0.338. The summed E-state index contributed by atoms with van der Waals surface area (Å²) in [5, 5.41) is 3.15. The Morgan fingerprint density at radius 3 is 2.78 bits per heavy atom. The molecule has 0 spiro atoms. The lowest BCUT2D eigenvalue weighted by atomic mass is 10.0. The van der Waals surface area contributed by atoms with E-state index in [0.717, 1.165) is 11.3 Å². The Balaban J connectivity index is 2.20. The number of nitrogens with zero attached hydrogens (tertiary/aromatic N) is 2. The van der Waals surface area contributed by atoms with E-state index in [1.54, 1.807) is 12.3 Å². The Kier molecular flexibility index (Phi) is 3.84. The first-order chi connectivity index (χ1) is 8.70. The number of halogens is 1. The van der Waals surface area contributed by atoms with Crippen molar-refractivity contribution in [2.75, 3.05) is 12.8 Å². The number of hydrogen-bond donors (Lipinski definition) is 2. The largest absolute Gasteiger partial charge is 0.383 e. The number of nitrogens with one attached hydrogen (secondary N) is 1. The van der Waals surface area contributed by atoms with E-state index in [-0.39, 0.29) is 11.9 Å². The summed E-state index contributed by atoms with van der Waals surface area (Å²) in [5.41, 5.74) is 7.53. The van der Waals surface area contributed by atoms with Crippen molar-refractivity contribution < 1.29 is 4.39 Å². The number of nitrogen functional groups attached to an aromatic ring is 1. The Morgan fingerprint density at radius 1 is 1.33 bits per heavy atom. The van der Waals surface area contributed by atoms with Crippen LogP contribution in [-0.4, -0.2) is 17.0 Å². The monoisotopic (exact) mass is 246 g/mol. The molecule has 0 saturated heterocycles. The van der Waals surface area contributed by atoms with Crippen molar-refractivity contribution >= 4 is 5.82 Å². The van der Waals surface area contributed by atoms with E-state index in [9.17, 15) is 4.39 Å². The fraction of sp³-hybridized carbons (Fsp3) is 0.231. The van der Waals surface area contributed by atoms with Crippen molar-refractivity contribution in [2.45, 2.75) is 12.5 Å². The summed E-state index contributed by atoms with van der Waals surface area (Å²) in [4.78, 5) is 8.12. The molecular formula is C13H15FN4. The molecule has 2 aromatic rings. The first-order valence-corrected chi connectivity index (χ1v) is 5.69. The second kappa shape index (κ2) is 5.55. The van der Waals surface area contributed by atoms with Gasteiger partial charge in [-0.2, -0.15) is 0 Å². The fourth-order valence-corrected chi connectivity index (χ4v) is 1.79. The molecule has 2 rings (SSSR count). The van der Waals surface area contributed by atoms with Gasteiger partial charge in [0.25, 0.3) is 0 Å². The molecule has 0 aliphatic rings. The molecule has 0 aromatic carbocycles. The lowest BCUT2D eigenvalue weighted by Gasteiger charge is -2.16. The number of aromatic nitrogens is 2. The van der Waals surface area contributed by atoms with E-state index in [2.05, 4.69) is 15.3 Å². The van der Waals surface area contributed by atoms with Gasteiger partial charge < -0.3 is 11.1 Å². The summed E-state index contributed by atoms with van der Waals surface area (Å²) < 4.78 is 12.8. The molecule has 0 saturated carbocycles. The molecule has 4 nitrogen and oxygen atoms in total. The fourth-order valence-electron chi connectivity index (χ4n) is 1.79. The zero-order valence-corrected chi connectivity index (χ0v) is 10.1. The topological polar surface area (TPSA) is 63.8 Å². The van der Waals surface area contributed by atoms with Crippen LogP contribution in [0.1, 0.15) is 17.3 Å². The summed E-state index contributed by atoms with van der Waals surface area (Å²) in [6.45, 7) is 0. The summed E-state index contributed by atoms with van der Waals surface area (Å²) in [5.74, 6) is 0.175. The van der Waals surface area contributed by atoms with Crippen molar-refractivity contribution in [3.8, 4) is 0 Å². The van der Waals surface area contributed by atoms with Gasteiger partial charge in [-0.25, -0.2) is 9.37 Å². The third kappa shape index (κ3) is 2.81. The first kappa shape index (κ1) is 12.4. The number of anilines is 1. The Labute approximate surface area is 105 Å². The predicted molar refractivity (Wildman–Crippen MR) is 68.3 cm³/mol. The van der Waals surface area contributed by atoms with E-state index in [0.29, 0.717) is 12.2 Å². The van der Waals surface area contributed by atoms with Crippen LogP contribution >= 0.6 is 0 Å². The summed E-state index contributed by atoms with van der Waals surface area (Å²) >= 11 is 0. The average molecular weight is 246 g/mol. The zero-order valence-electron chi connectivity index (χ0n) is 10.1. The first-order valence-electron chi connectivity index (χ1n) is 5.69. The molecule has 1 unspecified atom stereocenters. The number of pyridine rings is 2. The molecule has 94 valence electrons. The highest BCUT2D eigenvalue weighted by Crippen LogP contribution is 2.19. The molecule has 0 amide bonds. The van der Waals surface area contributed by atoms with Crippen LogP contribution in [-0.2, 0) is 6.42 Å². The van der Waals surface area contributed by atoms with Crippen LogP contribution < -0.4 is 11.1 Å². The lowest BCUT2D eigenvalue weighted by molar-refractivity contribution is 0.565. The molecule has 5 heteroatoms. The number of nitrogens with two attached hydrogens (primary N) is 1. The SMILES string of the molecule is CNC(Cc1cccnc1N)c1ccc(F)cn1. The maximum absolute atomic E-state index is 12.8. The predicted octanol–water partition coefficient (Wildman–Crippen LogP) is 1.70. The quantitative estimate of drug-likeness (QED) is 0.862. The van der Waals surface area contributed by atoms with Crippen LogP contribution in [0.2, 0.25) is 0 Å². The molecule has 2 heterocycles. The zero-order chi connectivity index (χ0) is 13.0. The van der Waals surface area contributed by atoms with E-state index in [4.69, 9.17) is 5.73 Å². The maximum Gasteiger partial charge on any atom is 0.141 e. The molecule has 2 aromatic heterocycles. The van der Waals surface area contributed by atoms with Crippen LogP contribution in [0.25, 0.3) is 0 Å². The molecular weight excluding hydrogens is 231 g/mol. The molecule has 0 aliphatic heterocycles. The van der Waals surface area contributed by atoms with Gasteiger partial charge in [-0.3, -0.25) is 4.98 Å². The highest BCUT2D eigenvalue weighted by atomic mass is 19.1. The van der Waals surface area contributed by atoms with Gasteiger partial charge in [0.2, 0.25) is 0 Å². The van der Waals surface area contributed by atoms with E-state index < -0.39 is 0 Å². The highest BCUT2D eigenvalue weighted by Gasteiger charge is 2.13. The van der Waals surface area contributed by atoms with Gasteiger partial charge in [0.05, 0.1) is 17.9 Å². The van der Waals surface area contributed by atoms with Gasteiger partial charge in [0, 0.05) is 6.20 Å². The number of likely N-dealkylation sites (N-methyl/N-ethyl adjacent to an activating group) is 1. The van der Waals surface area contributed by atoms with Gasteiger partial charge in [0.1, 0.15) is 11.6 Å². The number of rotatable bonds is 4. The summed E-state index contributed by atoms with van der Waals surface area (Å²) in [6.07, 6.45) is 3.53. The van der Waals surface area contributed by atoms with Gasteiger partial charge in [0.15, 0.2) is 0 Å². The molecule has 0 aliphatic carbocycles. The third-order valence-electron chi connectivity index (χ3n) is 2.81. The van der Waals surface area contributed by atoms with Crippen LogP contribution in [0.4, 0.5) is 10.2 Å².